The molecule has 20 heavy (non-hydrogen) atoms. The van der Waals surface area contributed by atoms with E-state index in [1.165, 1.54) is 0 Å². The Kier molecular flexibility index (Phi) is 3.23. The van der Waals surface area contributed by atoms with Gasteiger partial charge in [-0.2, -0.15) is 5.10 Å². The summed E-state index contributed by atoms with van der Waals surface area (Å²) in [5.41, 5.74) is 2.75. The number of rotatable bonds is 2. The third-order valence-corrected chi connectivity index (χ3v) is 3.41. The summed E-state index contributed by atoms with van der Waals surface area (Å²) < 4.78 is 2.41. The highest BCUT2D eigenvalue weighted by atomic mass is 79.9. The third-order valence-electron chi connectivity index (χ3n) is 2.97. The van der Waals surface area contributed by atoms with Gasteiger partial charge in [-0.1, -0.05) is 6.07 Å². The van der Waals surface area contributed by atoms with Crippen LogP contribution in [0.15, 0.2) is 47.3 Å². The quantitative estimate of drug-likeness (QED) is 0.734. The van der Waals surface area contributed by atoms with E-state index in [1.807, 2.05) is 31.2 Å². The summed E-state index contributed by atoms with van der Waals surface area (Å²) in [4.78, 5) is 16.6. The molecule has 0 radical (unpaired) electrons. The lowest BCUT2D eigenvalue weighted by molar-refractivity contribution is 0.102. The van der Waals surface area contributed by atoms with Crippen molar-refractivity contribution in [3.05, 3.63) is 58.6 Å². The molecule has 0 unspecified atom stereocenters. The number of hydrogen-bond donors (Lipinski definition) is 1. The molecule has 0 aromatic carbocycles. The first-order valence-corrected chi connectivity index (χ1v) is 6.81. The molecule has 100 valence electrons. The normalized spacial score (nSPS) is 10.7. The van der Waals surface area contributed by atoms with Crippen molar-refractivity contribution in [2.45, 2.75) is 6.92 Å². The molecule has 0 saturated heterocycles. The van der Waals surface area contributed by atoms with Crippen molar-refractivity contribution in [3.63, 3.8) is 0 Å². The molecule has 0 aliphatic rings. The number of hydrogen-bond acceptors (Lipinski definition) is 3. The van der Waals surface area contributed by atoms with Crippen molar-refractivity contribution in [2.75, 3.05) is 5.32 Å². The minimum atomic E-state index is -0.196. The zero-order valence-electron chi connectivity index (χ0n) is 10.7. The third kappa shape index (κ3) is 2.30. The van der Waals surface area contributed by atoms with E-state index in [1.54, 1.807) is 23.0 Å². The van der Waals surface area contributed by atoms with Crippen LogP contribution in [-0.2, 0) is 0 Å². The van der Waals surface area contributed by atoms with Crippen molar-refractivity contribution < 1.29 is 4.79 Å². The fourth-order valence-electron chi connectivity index (χ4n) is 1.96. The zero-order valence-corrected chi connectivity index (χ0v) is 12.3. The standard InChI is InChI=1S/C14H11BrN4O/c1-9-11(5-6-13(15)17-9)18-14(20)10-8-16-19-7-3-2-4-12(10)19/h2-8H,1H3,(H,18,20). The maximum absolute atomic E-state index is 12.3. The second-order valence-electron chi connectivity index (χ2n) is 4.31. The highest BCUT2D eigenvalue weighted by Gasteiger charge is 2.13. The molecule has 3 rings (SSSR count). The number of halogens is 1. The van der Waals surface area contributed by atoms with Crippen molar-refractivity contribution >= 4 is 33.0 Å². The van der Waals surface area contributed by atoms with E-state index in [0.717, 1.165) is 15.8 Å². The first-order valence-electron chi connectivity index (χ1n) is 6.02. The Balaban J connectivity index is 1.93. The van der Waals surface area contributed by atoms with Crippen LogP contribution in [0, 0.1) is 6.92 Å². The molecule has 0 spiro atoms. The number of nitrogens with one attached hydrogen (secondary N) is 1. The van der Waals surface area contributed by atoms with Gasteiger partial charge in [0, 0.05) is 6.20 Å². The van der Waals surface area contributed by atoms with E-state index in [2.05, 4.69) is 31.3 Å². The van der Waals surface area contributed by atoms with Crippen LogP contribution < -0.4 is 5.32 Å². The summed E-state index contributed by atoms with van der Waals surface area (Å²) in [6.45, 7) is 1.84. The highest BCUT2D eigenvalue weighted by molar-refractivity contribution is 9.10. The van der Waals surface area contributed by atoms with Gasteiger partial charge in [-0.25, -0.2) is 9.50 Å². The van der Waals surface area contributed by atoms with Gasteiger partial charge in [0.05, 0.1) is 28.7 Å². The van der Waals surface area contributed by atoms with Crippen LogP contribution in [0.3, 0.4) is 0 Å². The topological polar surface area (TPSA) is 59.3 Å². The predicted octanol–water partition coefficient (Wildman–Crippen LogP) is 3.05. The second kappa shape index (κ2) is 5.05. The van der Waals surface area contributed by atoms with E-state index in [0.29, 0.717) is 11.3 Å². The van der Waals surface area contributed by atoms with E-state index in [9.17, 15) is 4.79 Å². The molecule has 0 fully saturated rings. The number of carbonyl (C=O) groups excluding carboxylic acids is 1. The molecule has 3 heterocycles. The maximum atomic E-state index is 12.3. The molecule has 3 aromatic rings. The number of anilines is 1. The molecule has 5 nitrogen and oxygen atoms in total. The molecule has 3 aromatic heterocycles. The first-order chi connectivity index (χ1) is 9.65. The lowest BCUT2D eigenvalue weighted by Crippen LogP contribution is -2.13. The van der Waals surface area contributed by atoms with E-state index >= 15 is 0 Å². The van der Waals surface area contributed by atoms with Crippen molar-refractivity contribution in [1.29, 1.82) is 0 Å². The molecule has 0 aliphatic heterocycles. The average molecular weight is 331 g/mol. The van der Waals surface area contributed by atoms with Crippen LogP contribution in [0.1, 0.15) is 16.1 Å². The SMILES string of the molecule is Cc1nc(Br)ccc1NC(=O)c1cnn2ccccc12. The number of nitrogens with zero attached hydrogens (tertiary/aromatic N) is 3. The Morgan fingerprint density at radius 2 is 2.15 bits per heavy atom. The van der Waals surface area contributed by atoms with Crippen LogP contribution >= 0.6 is 15.9 Å². The summed E-state index contributed by atoms with van der Waals surface area (Å²) in [5, 5.41) is 7.01. The van der Waals surface area contributed by atoms with Crippen LogP contribution in [0.5, 0.6) is 0 Å². The van der Waals surface area contributed by atoms with Crippen molar-refractivity contribution in [2.24, 2.45) is 0 Å². The Hall–Kier alpha value is -2.21. The number of aromatic nitrogens is 3. The molecule has 6 heteroatoms. The summed E-state index contributed by atoms with van der Waals surface area (Å²) in [5.74, 6) is -0.196. The number of pyridine rings is 2. The molecular formula is C14H11BrN4O. The summed E-state index contributed by atoms with van der Waals surface area (Å²) in [6, 6.07) is 9.20. The maximum Gasteiger partial charge on any atom is 0.259 e. The summed E-state index contributed by atoms with van der Waals surface area (Å²) in [7, 11) is 0. The van der Waals surface area contributed by atoms with Gasteiger partial charge in [0.1, 0.15) is 4.60 Å². The fraction of sp³-hybridized carbons (Fsp3) is 0.0714. The Labute approximate surface area is 123 Å². The highest BCUT2D eigenvalue weighted by Crippen LogP contribution is 2.18. The van der Waals surface area contributed by atoms with Gasteiger partial charge in [0.15, 0.2) is 0 Å². The number of amides is 1. The van der Waals surface area contributed by atoms with Gasteiger partial charge in [0.25, 0.3) is 5.91 Å². The van der Waals surface area contributed by atoms with Crippen molar-refractivity contribution in [1.82, 2.24) is 14.6 Å². The lowest BCUT2D eigenvalue weighted by Gasteiger charge is -2.07. The Morgan fingerprint density at radius 1 is 1.30 bits per heavy atom. The van der Waals surface area contributed by atoms with Crippen LogP contribution in [0.4, 0.5) is 5.69 Å². The van der Waals surface area contributed by atoms with Gasteiger partial charge in [-0.05, 0) is 47.1 Å². The van der Waals surface area contributed by atoms with Gasteiger partial charge in [0.2, 0.25) is 0 Å². The average Bonchev–Trinajstić information content (AvgIpc) is 2.86. The summed E-state index contributed by atoms with van der Waals surface area (Å²) >= 11 is 3.30. The molecule has 0 atom stereocenters. The Bertz CT molecular complexity index is 797. The monoisotopic (exact) mass is 330 g/mol. The number of carbonyl (C=O) groups is 1. The predicted molar refractivity (Wildman–Crippen MR) is 79.8 cm³/mol. The smallest absolute Gasteiger partial charge is 0.259 e. The fourth-order valence-corrected chi connectivity index (χ4v) is 2.36. The van der Waals surface area contributed by atoms with Crippen LogP contribution in [0.2, 0.25) is 0 Å². The van der Waals surface area contributed by atoms with Crippen LogP contribution in [-0.4, -0.2) is 20.5 Å². The molecule has 0 aliphatic carbocycles. The molecule has 1 amide bonds. The molecular weight excluding hydrogens is 320 g/mol. The van der Waals surface area contributed by atoms with Gasteiger partial charge in [-0.15, -0.1) is 0 Å². The van der Waals surface area contributed by atoms with Crippen molar-refractivity contribution in [3.8, 4) is 0 Å². The Morgan fingerprint density at radius 3 is 2.95 bits per heavy atom. The van der Waals surface area contributed by atoms with Gasteiger partial charge in [-0.3, -0.25) is 4.79 Å². The van der Waals surface area contributed by atoms with Gasteiger partial charge >= 0.3 is 0 Å². The van der Waals surface area contributed by atoms with E-state index in [4.69, 9.17) is 0 Å². The van der Waals surface area contributed by atoms with E-state index in [-0.39, 0.29) is 5.91 Å². The van der Waals surface area contributed by atoms with Gasteiger partial charge < -0.3 is 5.32 Å². The lowest BCUT2D eigenvalue weighted by atomic mass is 10.2. The molecule has 0 saturated carbocycles. The number of fused-ring (bicyclic) bond motifs is 1. The summed E-state index contributed by atoms with van der Waals surface area (Å²) in [6.07, 6.45) is 3.37. The van der Waals surface area contributed by atoms with Crippen LogP contribution in [0.25, 0.3) is 5.52 Å². The first kappa shape index (κ1) is 12.8. The zero-order chi connectivity index (χ0) is 14.1. The molecule has 1 N–H and O–H groups in total. The minimum absolute atomic E-state index is 0.196. The van der Waals surface area contributed by atoms with E-state index < -0.39 is 0 Å². The largest absolute Gasteiger partial charge is 0.320 e. The number of aryl methyl sites for hydroxylation is 1. The minimum Gasteiger partial charge on any atom is -0.320 e. The second-order valence-corrected chi connectivity index (χ2v) is 5.12. The molecule has 0 bridgehead atoms.